The third-order valence-electron chi connectivity index (χ3n) is 5.37. The maximum absolute atomic E-state index is 13.0. The molecule has 142 valence electrons. The number of aromatic nitrogens is 2. The van der Waals surface area contributed by atoms with Crippen molar-refractivity contribution in [3.63, 3.8) is 0 Å². The van der Waals surface area contributed by atoms with Crippen molar-refractivity contribution in [2.75, 3.05) is 19.9 Å². The number of carbonyl (C=O) groups excluding carboxylic acids is 1. The number of fused-ring (bicyclic) bond motifs is 2. The van der Waals surface area contributed by atoms with Gasteiger partial charge in [0.15, 0.2) is 11.5 Å². The molecule has 1 saturated carbocycles. The molecule has 0 saturated heterocycles. The van der Waals surface area contributed by atoms with Gasteiger partial charge in [-0.05, 0) is 42.5 Å². The number of ether oxygens (including phenoxy) is 3. The first-order valence-corrected chi connectivity index (χ1v) is 9.53. The van der Waals surface area contributed by atoms with E-state index in [2.05, 4.69) is 5.10 Å². The van der Waals surface area contributed by atoms with Gasteiger partial charge >= 0.3 is 0 Å². The Morgan fingerprint density at radius 1 is 1.19 bits per heavy atom. The second kappa shape index (κ2) is 6.88. The minimum absolute atomic E-state index is 0.0209. The summed E-state index contributed by atoms with van der Waals surface area (Å²) in [5.74, 6) is 2.23. The lowest BCUT2D eigenvalue weighted by atomic mass is 10.1. The molecular weight excluding hydrogens is 346 g/mol. The molecule has 3 heterocycles. The molecule has 7 nitrogen and oxygen atoms in total. The second-order valence-corrected chi connectivity index (χ2v) is 7.54. The first kappa shape index (κ1) is 16.6. The van der Waals surface area contributed by atoms with Crippen LogP contribution in [0.2, 0.25) is 0 Å². The smallest absolute Gasteiger partial charge is 0.231 e. The van der Waals surface area contributed by atoms with Crippen LogP contribution in [0.3, 0.4) is 0 Å². The maximum atomic E-state index is 13.0. The van der Waals surface area contributed by atoms with Crippen LogP contribution in [0.4, 0.5) is 0 Å². The van der Waals surface area contributed by atoms with Crippen molar-refractivity contribution in [1.29, 1.82) is 0 Å². The lowest BCUT2D eigenvalue weighted by molar-refractivity contribution is -0.133. The largest absolute Gasteiger partial charge is 0.454 e. The van der Waals surface area contributed by atoms with Gasteiger partial charge in [0.25, 0.3) is 0 Å². The average Bonchev–Trinajstić information content (AvgIpc) is 3.27. The Kier molecular flexibility index (Phi) is 4.24. The molecule has 2 aliphatic heterocycles. The maximum Gasteiger partial charge on any atom is 0.231 e. The molecule has 1 aliphatic carbocycles. The van der Waals surface area contributed by atoms with Crippen LogP contribution in [0.5, 0.6) is 11.5 Å². The van der Waals surface area contributed by atoms with E-state index in [1.165, 1.54) is 12.8 Å². The standard InChI is InChI=1S/C20H23N3O4/c24-20(8-15-3-4-18-19(7-15)27-13-26-18)22-9-16-5-6-21-23(16)11-17(10-22)25-12-14-1-2-14/h3-7,14,17H,1-2,8-13H2/t17-/m1/s1. The van der Waals surface area contributed by atoms with Crippen molar-refractivity contribution in [2.24, 2.45) is 5.92 Å². The topological polar surface area (TPSA) is 65.8 Å². The number of benzene rings is 1. The van der Waals surface area contributed by atoms with Gasteiger partial charge in [-0.25, -0.2) is 0 Å². The molecule has 27 heavy (non-hydrogen) atoms. The zero-order chi connectivity index (χ0) is 18.2. The van der Waals surface area contributed by atoms with Crippen LogP contribution in [-0.4, -0.2) is 46.6 Å². The van der Waals surface area contributed by atoms with Gasteiger partial charge in [0.1, 0.15) is 0 Å². The van der Waals surface area contributed by atoms with Crippen LogP contribution >= 0.6 is 0 Å². The van der Waals surface area contributed by atoms with E-state index in [0.717, 1.165) is 23.6 Å². The molecule has 0 radical (unpaired) electrons. The van der Waals surface area contributed by atoms with E-state index in [4.69, 9.17) is 14.2 Å². The molecule has 2 aromatic rings. The lowest BCUT2D eigenvalue weighted by Gasteiger charge is -2.24. The van der Waals surface area contributed by atoms with E-state index in [-0.39, 0.29) is 18.8 Å². The van der Waals surface area contributed by atoms with Gasteiger partial charge in [-0.2, -0.15) is 5.10 Å². The quantitative estimate of drug-likeness (QED) is 0.806. The van der Waals surface area contributed by atoms with Crippen molar-refractivity contribution in [2.45, 2.75) is 38.5 Å². The van der Waals surface area contributed by atoms with Gasteiger partial charge in [-0.15, -0.1) is 0 Å². The van der Waals surface area contributed by atoms with Crippen molar-refractivity contribution in [1.82, 2.24) is 14.7 Å². The minimum atomic E-state index is -0.0209. The zero-order valence-electron chi connectivity index (χ0n) is 15.2. The van der Waals surface area contributed by atoms with Crippen LogP contribution in [0.25, 0.3) is 0 Å². The highest BCUT2D eigenvalue weighted by Crippen LogP contribution is 2.33. The van der Waals surface area contributed by atoms with Gasteiger partial charge in [0.05, 0.1) is 31.3 Å². The molecule has 1 fully saturated rings. The molecule has 1 aromatic heterocycles. The monoisotopic (exact) mass is 369 g/mol. The molecule has 5 rings (SSSR count). The zero-order valence-corrected chi connectivity index (χ0v) is 15.2. The summed E-state index contributed by atoms with van der Waals surface area (Å²) in [4.78, 5) is 14.9. The summed E-state index contributed by atoms with van der Waals surface area (Å²) in [6.45, 7) is 2.88. The predicted octanol–water partition coefficient (Wildman–Crippen LogP) is 1.99. The Balaban J connectivity index is 1.30. The van der Waals surface area contributed by atoms with Gasteiger partial charge < -0.3 is 19.1 Å². The molecule has 1 atom stereocenters. The molecule has 1 amide bonds. The van der Waals surface area contributed by atoms with Crippen molar-refractivity contribution < 1.29 is 19.0 Å². The number of hydrogen-bond donors (Lipinski definition) is 0. The fourth-order valence-corrected chi connectivity index (χ4v) is 3.60. The minimum Gasteiger partial charge on any atom is -0.454 e. The fraction of sp³-hybridized carbons (Fsp3) is 0.500. The second-order valence-electron chi connectivity index (χ2n) is 7.54. The summed E-state index contributed by atoms with van der Waals surface area (Å²) in [7, 11) is 0. The van der Waals surface area contributed by atoms with Gasteiger partial charge in [-0.1, -0.05) is 6.07 Å². The molecule has 0 unspecified atom stereocenters. The molecular formula is C20H23N3O4. The van der Waals surface area contributed by atoms with Crippen molar-refractivity contribution >= 4 is 5.91 Å². The molecule has 0 spiro atoms. The van der Waals surface area contributed by atoms with Gasteiger partial charge in [-0.3, -0.25) is 9.48 Å². The molecule has 1 aromatic carbocycles. The van der Waals surface area contributed by atoms with Crippen LogP contribution < -0.4 is 9.47 Å². The summed E-state index contributed by atoms with van der Waals surface area (Å²) in [5, 5.41) is 4.40. The Morgan fingerprint density at radius 2 is 2.07 bits per heavy atom. The number of hydrogen-bond acceptors (Lipinski definition) is 5. The van der Waals surface area contributed by atoms with E-state index < -0.39 is 0 Å². The normalized spacial score (nSPS) is 21.0. The number of carbonyl (C=O) groups is 1. The van der Waals surface area contributed by atoms with Gasteiger partial charge in [0, 0.05) is 19.3 Å². The third kappa shape index (κ3) is 3.64. The predicted molar refractivity (Wildman–Crippen MR) is 96.4 cm³/mol. The number of nitrogens with zero attached hydrogens (tertiary/aromatic N) is 3. The fourth-order valence-electron chi connectivity index (χ4n) is 3.60. The number of rotatable bonds is 5. The molecule has 3 aliphatic rings. The molecule has 0 bridgehead atoms. The lowest BCUT2D eigenvalue weighted by Crippen LogP contribution is -2.38. The van der Waals surface area contributed by atoms with E-state index in [9.17, 15) is 4.79 Å². The Bertz CT molecular complexity index is 846. The first-order valence-electron chi connectivity index (χ1n) is 9.53. The summed E-state index contributed by atoms with van der Waals surface area (Å²) < 4.78 is 18.8. The summed E-state index contributed by atoms with van der Waals surface area (Å²) in [6.07, 6.45) is 4.62. The van der Waals surface area contributed by atoms with Crippen molar-refractivity contribution in [3.8, 4) is 11.5 Å². The van der Waals surface area contributed by atoms with E-state index >= 15 is 0 Å². The Morgan fingerprint density at radius 3 is 2.96 bits per heavy atom. The summed E-state index contributed by atoms with van der Waals surface area (Å²) in [6, 6.07) is 7.66. The van der Waals surface area contributed by atoms with Crippen LogP contribution in [0.15, 0.2) is 30.5 Å². The van der Waals surface area contributed by atoms with Crippen LogP contribution in [-0.2, 0) is 29.0 Å². The van der Waals surface area contributed by atoms with E-state index in [1.54, 1.807) is 6.20 Å². The molecule has 0 N–H and O–H groups in total. The highest BCUT2D eigenvalue weighted by atomic mass is 16.7. The van der Waals surface area contributed by atoms with E-state index in [0.29, 0.717) is 37.7 Å². The average molecular weight is 369 g/mol. The Labute approximate surface area is 157 Å². The van der Waals surface area contributed by atoms with Gasteiger partial charge in [0.2, 0.25) is 12.7 Å². The SMILES string of the molecule is O=C(Cc1ccc2c(c1)OCO2)N1Cc2ccnn2C[C@H](OCC2CC2)C1. The highest BCUT2D eigenvalue weighted by molar-refractivity contribution is 5.79. The highest BCUT2D eigenvalue weighted by Gasteiger charge is 2.29. The third-order valence-corrected chi connectivity index (χ3v) is 5.37. The summed E-state index contributed by atoms with van der Waals surface area (Å²) >= 11 is 0. The van der Waals surface area contributed by atoms with Crippen molar-refractivity contribution in [3.05, 3.63) is 41.7 Å². The molecule has 7 heteroatoms. The Hall–Kier alpha value is -2.54. The van der Waals surface area contributed by atoms with E-state index in [1.807, 2.05) is 33.8 Å². The van der Waals surface area contributed by atoms with Crippen LogP contribution in [0, 0.1) is 5.92 Å². The first-order chi connectivity index (χ1) is 13.2. The van der Waals surface area contributed by atoms with Crippen LogP contribution in [0.1, 0.15) is 24.1 Å². The summed E-state index contributed by atoms with van der Waals surface area (Å²) in [5.41, 5.74) is 1.98. The number of amides is 1.